The molecule has 4 nitrogen and oxygen atoms in total. The quantitative estimate of drug-likeness (QED) is 0.793. The average molecular weight is 269 g/mol. The molecule has 5 heteroatoms. The summed E-state index contributed by atoms with van der Waals surface area (Å²) in [6.45, 7) is 0. The molecule has 0 bridgehead atoms. The van der Waals surface area contributed by atoms with E-state index in [1.807, 2.05) is 30.3 Å². The monoisotopic (exact) mass is 269 g/mol. The van der Waals surface area contributed by atoms with Crippen molar-refractivity contribution in [2.45, 2.75) is 0 Å². The maximum absolute atomic E-state index is 11.0. The minimum Gasteiger partial charge on any atom is -0.544 e. The number of aromatic carboxylic acids is 1. The largest absolute Gasteiger partial charge is 0.544 e. The predicted octanol–water partition coefficient (Wildman–Crippen LogP) is 2.40. The molecule has 1 N–H and O–H groups in total. The number of pyridine rings is 1. The van der Waals surface area contributed by atoms with Crippen LogP contribution >= 0.6 is 11.3 Å². The third-order valence-corrected chi connectivity index (χ3v) is 3.66. The molecule has 2 heterocycles. The van der Waals surface area contributed by atoms with Gasteiger partial charge < -0.3 is 15.2 Å². The summed E-state index contributed by atoms with van der Waals surface area (Å²) >= 11 is 1.14. The van der Waals surface area contributed by atoms with Crippen molar-refractivity contribution >= 4 is 39.6 Å². The molecule has 0 aliphatic heterocycles. The Morgan fingerprint density at radius 1 is 1.16 bits per heavy atom. The number of rotatable bonds is 3. The molecule has 1 aromatic carbocycles. The molecule has 0 unspecified atom stereocenters. The zero-order valence-corrected chi connectivity index (χ0v) is 10.6. The summed E-state index contributed by atoms with van der Waals surface area (Å²) in [6.07, 6.45) is 1.69. The number of hydrogen-bond donors (Lipinski definition) is 1. The van der Waals surface area contributed by atoms with Crippen LogP contribution in [-0.4, -0.2) is 11.0 Å². The number of aromatic nitrogens is 1. The Morgan fingerprint density at radius 2 is 2.00 bits per heavy atom. The number of carboxylic acids is 1. The average Bonchev–Trinajstić information content (AvgIpc) is 2.87. The van der Waals surface area contributed by atoms with Crippen molar-refractivity contribution in [3.63, 3.8) is 0 Å². The highest BCUT2D eigenvalue weighted by molar-refractivity contribution is 7.12. The van der Waals surface area contributed by atoms with Gasteiger partial charge in [-0.2, -0.15) is 0 Å². The third kappa shape index (κ3) is 2.15. The minimum absolute atomic E-state index is 0.195. The maximum atomic E-state index is 11.0. The number of carbonyl (C=O) groups excluding carboxylic acids is 1. The van der Waals surface area contributed by atoms with Gasteiger partial charge in [-0.05, 0) is 23.6 Å². The van der Waals surface area contributed by atoms with Crippen molar-refractivity contribution in [1.82, 2.24) is 4.98 Å². The number of carboxylic acid groups (broad SMARTS) is 1. The van der Waals surface area contributed by atoms with Crippen LogP contribution in [0.25, 0.3) is 10.9 Å². The Labute approximate surface area is 113 Å². The van der Waals surface area contributed by atoms with Gasteiger partial charge in [-0.3, -0.25) is 4.98 Å². The van der Waals surface area contributed by atoms with Crippen molar-refractivity contribution in [2.75, 3.05) is 5.32 Å². The van der Waals surface area contributed by atoms with Crippen molar-refractivity contribution in [1.29, 1.82) is 0 Å². The van der Waals surface area contributed by atoms with Crippen molar-refractivity contribution in [3.8, 4) is 0 Å². The number of nitrogens with one attached hydrogen (secondary N) is 1. The molecular weight excluding hydrogens is 260 g/mol. The molecule has 0 radical (unpaired) electrons. The van der Waals surface area contributed by atoms with Gasteiger partial charge in [0.2, 0.25) is 0 Å². The van der Waals surface area contributed by atoms with E-state index >= 15 is 0 Å². The normalized spacial score (nSPS) is 10.5. The Hall–Kier alpha value is -2.40. The Balaban J connectivity index is 2.06. The van der Waals surface area contributed by atoms with Crippen LogP contribution in [-0.2, 0) is 0 Å². The lowest BCUT2D eigenvalue weighted by molar-refractivity contribution is -0.254. The molecule has 2 aromatic heterocycles. The fourth-order valence-electron chi connectivity index (χ4n) is 1.92. The molecule has 0 fully saturated rings. The number of fused-ring (bicyclic) bond motifs is 1. The summed E-state index contributed by atoms with van der Waals surface area (Å²) in [5, 5.41) is 16.8. The molecule has 0 spiro atoms. The van der Waals surface area contributed by atoms with Crippen LogP contribution in [0.2, 0.25) is 0 Å². The van der Waals surface area contributed by atoms with E-state index in [2.05, 4.69) is 10.3 Å². The molecule has 0 amide bonds. The van der Waals surface area contributed by atoms with Crippen LogP contribution in [0.1, 0.15) is 9.67 Å². The molecule has 3 rings (SSSR count). The Bertz CT molecular complexity index is 747. The zero-order valence-electron chi connectivity index (χ0n) is 9.79. The van der Waals surface area contributed by atoms with E-state index < -0.39 is 5.97 Å². The highest BCUT2D eigenvalue weighted by atomic mass is 32.1. The Kier molecular flexibility index (Phi) is 2.89. The molecule has 0 atom stereocenters. The summed E-state index contributed by atoms with van der Waals surface area (Å²) in [4.78, 5) is 15.4. The summed E-state index contributed by atoms with van der Waals surface area (Å²) in [7, 11) is 0. The fourth-order valence-corrected chi connectivity index (χ4v) is 2.60. The van der Waals surface area contributed by atoms with Gasteiger partial charge in [0.1, 0.15) is 0 Å². The van der Waals surface area contributed by atoms with E-state index in [-0.39, 0.29) is 4.88 Å². The van der Waals surface area contributed by atoms with Gasteiger partial charge in [0.15, 0.2) is 0 Å². The summed E-state index contributed by atoms with van der Waals surface area (Å²) in [5.41, 5.74) is 2.23. The zero-order chi connectivity index (χ0) is 13.2. The molecule has 0 aliphatic rings. The van der Waals surface area contributed by atoms with Gasteiger partial charge >= 0.3 is 0 Å². The minimum atomic E-state index is -1.17. The topological polar surface area (TPSA) is 65.0 Å². The first-order chi connectivity index (χ1) is 9.25. The maximum Gasteiger partial charge on any atom is 0.0836 e. The second-order valence-electron chi connectivity index (χ2n) is 3.95. The van der Waals surface area contributed by atoms with Crippen LogP contribution in [0.3, 0.4) is 0 Å². The van der Waals surface area contributed by atoms with Gasteiger partial charge in [0.25, 0.3) is 0 Å². The fraction of sp³-hybridized carbons (Fsp3) is 0. The van der Waals surface area contributed by atoms with Gasteiger partial charge in [-0.25, -0.2) is 0 Å². The summed E-state index contributed by atoms with van der Waals surface area (Å²) in [6, 6.07) is 11.2. The van der Waals surface area contributed by atoms with E-state index in [0.29, 0.717) is 5.69 Å². The van der Waals surface area contributed by atoms with Crippen LogP contribution in [0.4, 0.5) is 11.4 Å². The summed E-state index contributed by atoms with van der Waals surface area (Å²) < 4.78 is 0. The number of anilines is 2. The van der Waals surface area contributed by atoms with E-state index in [1.54, 1.807) is 17.6 Å². The highest BCUT2D eigenvalue weighted by Gasteiger charge is 2.07. The Morgan fingerprint density at radius 3 is 2.84 bits per heavy atom. The predicted molar refractivity (Wildman–Crippen MR) is 73.7 cm³/mol. The van der Waals surface area contributed by atoms with Crippen LogP contribution in [0, 0.1) is 0 Å². The van der Waals surface area contributed by atoms with Gasteiger partial charge in [-0.1, -0.05) is 18.2 Å². The van der Waals surface area contributed by atoms with Crippen molar-refractivity contribution < 1.29 is 9.90 Å². The second kappa shape index (κ2) is 4.70. The molecule has 0 saturated carbocycles. The SMILES string of the molecule is O=C([O-])c1sccc1Nc1ccnc2ccccc12. The van der Waals surface area contributed by atoms with Gasteiger partial charge in [-0.15, -0.1) is 11.3 Å². The van der Waals surface area contributed by atoms with Crippen molar-refractivity contribution in [2.24, 2.45) is 0 Å². The molecule has 19 heavy (non-hydrogen) atoms. The number of nitrogens with zero attached hydrogens (tertiary/aromatic N) is 1. The van der Waals surface area contributed by atoms with Crippen molar-refractivity contribution in [3.05, 3.63) is 52.9 Å². The van der Waals surface area contributed by atoms with Gasteiger partial charge in [0.05, 0.1) is 22.1 Å². The van der Waals surface area contributed by atoms with E-state index in [4.69, 9.17) is 0 Å². The molecule has 3 aromatic rings. The van der Waals surface area contributed by atoms with Crippen LogP contribution in [0.5, 0.6) is 0 Å². The number of carbonyl (C=O) groups is 1. The summed E-state index contributed by atoms with van der Waals surface area (Å²) in [5.74, 6) is -1.17. The van der Waals surface area contributed by atoms with E-state index in [0.717, 1.165) is 27.9 Å². The highest BCUT2D eigenvalue weighted by Crippen LogP contribution is 2.29. The standard InChI is InChI=1S/C14H10N2O2S/c17-14(18)13-12(6-8-19-13)16-11-5-7-15-10-4-2-1-3-9(10)11/h1-8H,(H,15,16)(H,17,18)/p-1. The van der Waals surface area contributed by atoms with E-state index in [1.165, 1.54) is 0 Å². The smallest absolute Gasteiger partial charge is 0.0836 e. The lowest BCUT2D eigenvalue weighted by Gasteiger charge is -2.10. The van der Waals surface area contributed by atoms with E-state index in [9.17, 15) is 9.90 Å². The number of para-hydroxylation sites is 1. The van der Waals surface area contributed by atoms with Crippen LogP contribution < -0.4 is 10.4 Å². The molecular formula is C14H9N2O2S-. The first-order valence-electron chi connectivity index (χ1n) is 5.65. The third-order valence-electron chi connectivity index (χ3n) is 2.77. The first-order valence-corrected chi connectivity index (χ1v) is 6.53. The number of hydrogen-bond acceptors (Lipinski definition) is 5. The molecule has 0 aliphatic carbocycles. The lowest BCUT2D eigenvalue weighted by Crippen LogP contribution is -2.21. The number of benzene rings is 1. The molecule has 94 valence electrons. The second-order valence-corrected chi connectivity index (χ2v) is 4.87. The lowest BCUT2D eigenvalue weighted by atomic mass is 10.2. The molecule has 0 saturated heterocycles. The van der Waals surface area contributed by atoms with Gasteiger partial charge in [0, 0.05) is 17.3 Å². The van der Waals surface area contributed by atoms with Crippen LogP contribution in [0.15, 0.2) is 48.0 Å². The number of thiophene rings is 1. The first kappa shape index (κ1) is 11.7.